The third-order valence-corrected chi connectivity index (χ3v) is 2.79. The summed E-state index contributed by atoms with van der Waals surface area (Å²) in [7, 11) is 0. The van der Waals surface area contributed by atoms with Gasteiger partial charge in [-0.25, -0.2) is 4.98 Å². The van der Waals surface area contributed by atoms with Crippen LogP contribution in [0, 0.1) is 13.8 Å². The Morgan fingerprint density at radius 1 is 1.32 bits per heavy atom. The second-order valence-electron chi connectivity index (χ2n) is 3.97. The van der Waals surface area contributed by atoms with Crippen LogP contribution in [0.25, 0.3) is 11.2 Å². The van der Waals surface area contributed by atoms with Gasteiger partial charge in [0.15, 0.2) is 0 Å². The quantitative estimate of drug-likeness (QED) is 0.770. The van der Waals surface area contributed by atoms with Crippen molar-refractivity contribution in [3.05, 3.63) is 64.7 Å². The van der Waals surface area contributed by atoms with E-state index in [0.29, 0.717) is 22.5 Å². The molecule has 0 aliphatic rings. The standard InChI is InChI=1S/C14H14N2O.C2H6/c1-5-9(2)13-11(4)15-12-8-6-7-10(3)16(12)14(13)17;1-2/h5-8H,1-2H2,3-4H3;1-2H3. The summed E-state index contributed by atoms with van der Waals surface area (Å²) in [5, 5.41) is 0. The topological polar surface area (TPSA) is 34.4 Å². The van der Waals surface area contributed by atoms with Crippen LogP contribution >= 0.6 is 0 Å². The third-order valence-electron chi connectivity index (χ3n) is 2.79. The van der Waals surface area contributed by atoms with E-state index in [9.17, 15) is 4.79 Å². The summed E-state index contributed by atoms with van der Waals surface area (Å²) in [5.41, 5.74) is 3.26. The Morgan fingerprint density at radius 2 is 1.95 bits per heavy atom. The predicted molar refractivity (Wildman–Crippen MR) is 81.5 cm³/mol. The number of allylic oxidation sites excluding steroid dienone is 2. The van der Waals surface area contributed by atoms with E-state index < -0.39 is 0 Å². The molecule has 0 bridgehead atoms. The zero-order chi connectivity index (χ0) is 14.6. The fourth-order valence-electron chi connectivity index (χ4n) is 1.92. The van der Waals surface area contributed by atoms with Gasteiger partial charge < -0.3 is 0 Å². The van der Waals surface area contributed by atoms with E-state index in [4.69, 9.17) is 0 Å². The van der Waals surface area contributed by atoms with E-state index >= 15 is 0 Å². The molecule has 19 heavy (non-hydrogen) atoms. The highest BCUT2D eigenvalue weighted by atomic mass is 16.1. The average molecular weight is 256 g/mol. The minimum atomic E-state index is -0.0875. The van der Waals surface area contributed by atoms with Crippen LogP contribution in [0.5, 0.6) is 0 Å². The molecule has 0 aliphatic heterocycles. The van der Waals surface area contributed by atoms with Gasteiger partial charge in [0.25, 0.3) is 5.56 Å². The number of aromatic nitrogens is 2. The number of pyridine rings is 1. The fourth-order valence-corrected chi connectivity index (χ4v) is 1.92. The summed E-state index contributed by atoms with van der Waals surface area (Å²) in [6.45, 7) is 15.2. The number of aryl methyl sites for hydroxylation is 2. The van der Waals surface area contributed by atoms with Crippen molar-refractivity contribution in [1.82, 2.24) is 9.38 Å². The number of hydrogen-bond acceptors (Lipinski definition) is 2. The van der Waals surface area contributed by atoms with Crippen LogP contribution in [-0.4, -0.2) is 9.38 Å². The van der Waals surface area contributed by atoms with Gasteiger partial charge in [0.1, 0.15) is 5.65 Å². The van der Waals surface area contributed by atoms with Crippen molar-refractivity contribution in [3.63, 3.8) is 0 Å². The summed E-state index contributed by atoms with van der Waals surface area (Å²) in [5.74, 6) is 0. The van der Waals surface area contributed by atoms with Crippen LogP contribution in [0.3, 0.4) is 0 Å². The first-order valence-corrected chi connectivity index (χ1v) is 6.37. The largest absolute Gasteiger partial charge is 0.268 e. The van der Waals surface area contributed by atoms with E-state index in [1.54, 1.807) is 10.5 Å². The Hall–Kier alpha value is -2.16. The van der Waals surface area contributed by atoms with Gasteiger partial charge in [-0.2, -0.15) is 0 Å². The molecule has 0 unspecified atom stereocenters. The molecule has 0 amide bonds. The molecule has 3 nitrogen and oxygen atoms in total. The third kappa shape index (κ3) is 2.65. The maximum absolute atomic E-state index is 12.4. The molecule has 0 radical (unpaired) electrons. The molecule has 2 aromatic rings. The molecule has 3 heteroatoms. The lowest BCUT2D eigenvalue weighted by molar-refractivity contribution is 0.963. The molecular formula is C16H20N2O. The minimum Gasteiger partial charge on any atom is -0.268 e. The summed E-state index contributed by atoms with van der Waals surface area (Å²) in [4.78, 5) is 16.8. The SMILES string of the molecule is C=CC(=C)c1c(C)nc2cccc(C)n2c1=O.CC. The van der Waals surface area contributed by atoms with E-state index in [1.165, 1.54) is 0 Å². The normalized spacial score (nSPS) is 9.68. The molecule has 2 aromatic heterocycles. The van der Waals surface area contributed by atoms with Crippen molar-refractivity contribution in [2.75, 3.05) is 0 Å². The molecule has 0 spiro atoms. The molecule has 0 fully saturated rings. The molecule has 0 atom stereocenters. The molecule has 0 aromatic carbocycles. The van der Waals surface area contributed by atoms with Crippen molar-refractivity contribution in [1.29, 1.82) is 0 Å². The van der Waals surface area contributed by atoms with Gasteiger partial charge in [0.2, 0.25) is 0 Å². The van der Waals surface area contributed by atoms with Gasteiger partial charge in [0.05, 0.1) is 11.3 Å². The fraction of sp³-hybridized carbons (Fsp3) is 0.250. The Labute approximate surface area is 113 Å². The van der Waals surface area contributed by atoms with Gasteiger partial charge in [-0.3, -0.25) is 9.20 Å². The molecule has 0 aliphatic carbocycles. The van der Waals surface area contributed by atoms with Gasteiger partial charge in [-0.1, -0.05) is 39.1 Å². The lowest BCUT2D eigenvalue weighted by Gasteiger charge is -2.09. The van der Waals surface area contributed by atoms with Crippen molar-refractivity contribution in [2.45, 2.75) is 27.7 Å². The van der Waals surface area contributed by atoms with Crippen molar-refractivity contribution in [2.24, 2.45) is 0 Å². The molecule has 100 valence electrons. The molecule has 0 saturated heterocycles. The Bertz CT molecular complexity index is 681. The lowest BCUT2D eigenvalue weighted by Crippen LogP contribution is -2.22. The van der Waals surface area contributed by atoms with E-state index in [-0.39, 0.29) is 5.56 Å². The Balaban J connectivity index is 0.000000861. The summed E-state index contributed by atoms with van der Waals surface area (Å²) < 4.78 is 1.59. The average Bonchev–Trinajstić information content (AvgIpc) is 2.40. The van der Waals surface area contributed by atoms with Crippen molar-refractivity contribution < 1.29 is 0 Å². The maximum atomic E-state index is 12.4. The maximum Gasteiger partial charge on any atom is 0.266 e. The van der Waals surface area contributed by atoms with E-state index in [2.05, 4.69) is 18.1 Å². The highest BCUT2D eigenvalue weighted by Crippen LogP contribution is 2.13. The number of hydrogen-bond donors (Lipinski definition) is 0. The van der Waals surface area contributed by atoms with Gasteiger partial charge in [0, 0.05) is 5.69 Å². The number of fused-ring (bicyclic) bond motifs is 1. The van der Waals surface area contributed by atoms with Crippen LogP contribution in [0.1, 0.15) is 30.8 Å². The van der Waals surface area contributed by atoms with Crippen LogP contribution in [0.2, 0.25) is 0 Å². The Morgan fingerprint density at radius 3 is 2.53 bits per heavy atom. The molecular weight excluding hydrogens is 236 g/mol. The van der Waals surface area contributed by atoms with Crippen molar-refractivity contribution >= 4 is 11.2 Å². The predicted octanol–water partition coefficient (Wildman–Crippen LogP) is 3.54. The molecule has 0 saturated carbocycles. The minimum absolute atomic E-state index is 0.0875. The Kier molecular flexibility index (Phi) is 4.81. The highest BCUT2D eigenvalue weighted by molar-refractivity contribution is 5.72. The summed E-state index contributed by atoms with van der Waals surface area (Å²) >= 11 is 0. The first kappa shape index (κ1) is 14.9. The van der Waals surface area contributed by atoms with E-state index in [0.717, 1.165) is 5.69 Å². The first-order chi connectivity index (χ1) is 9.06. The second-order valence-corrected chi connectivity index (χ2v) is 3.97. The zero-order valence-electron chi connectivity index (χ0n) is 12.0. The second kappa shape index (κ2) is 6.14. The molecule has 2 heterocycles. The molecule has 0 N–H and O–H groups in total. The van der Waals surface area contributed by atoms with Crippen LogP contribution in [0.4, 0.5) is 0 Å². The number of nitrogens with zero attached hydrogens (tertiary/aromatic N) is 2. The van der Waals surface area contributed by atoms with Crippen LogP contribution in [-0.2, 0) is 0 Å². The summed E-state index contributed by atoms with van der Waals surface area (Å²) in [6.07, 6.45) is 1.58. The van der Waals surface area contributed by atoms with Crippen LogP contribution in [0.15, 0.2) is 42.2 Å². The first-order valence-electron chi connectivity index (χ1n) is 6.37. The monoisotopic (exact) mass is 256 g/mol. The lowest BCUT2D eigenvalue weighted by atomic mass is 10.1. The van der Waals surface area contributed by atoms with Gasteiger partial charge in [-0.05, 0) is 31.6 Å². The smallest absolute Gasteiger partial charge is 0.266 e. The number of rotatable bonds is 2. The van der Waals surface area contributed by atoms with Crippen LogP contribution < -0.4 is 5.56 Å². The summed E-state index contributed by atoms with van der Waals surface area (Å²) in [6, 6.07) is 5.59. The van der Waals surface area contributed by atoms with E-state index in [1.807, 2.05) is 45.9 Å². The molecule has 2 rings (SSSR count). The van der Waals surface area contributed by atoms with Crippen molar-refractivity contribution in [3.8, 4) is 0 Å². The van der Waals surface area contributed by atoms with Gasteiger partial charge >= 0.3 is 0 Å². The highest BCUT2D eigenvalue weighted by Gasteiger charge is 2.11. The zero-order valence-corrected chi connectivity index (χ0v) is 12.0. The van der Waals surface area contributed by atoms with Gasteiger partial charge in [-0.15, -0.1) is 0 Å².